The largest absolute Gasteiger partial charge is 0.370 e. The zero-order valence-corrected chi connectivity index (χ0v) is 12.1. The van der Waals surface area contributed by atoms with Gasteiger partial charge in [0.1, 0.15) is 0 Å². The number of nitrogens with zero attached hydrogens (tertiary/aromatic N) is 3. The average Bonchev–Trinajstić information content (AvgIpc) is 2.98. The highest BCUT2D eigenvalue weighted by Crippen LogP contribution is 2.07. The molecule has 0 saturated carbocycles. The van der Waals surface area contributed by atoms with Crippen LogP contribution in [-0.2, 0) is 6.42 Å². The highest BCUT2D eigenvalue weighted by Gasteiger charge is 2.09. The van der Waals surface area contributed by atoms with Gasteiger partial charge >= 0.3 is 0 Å². The number of rotatable bonds is 7. The van der Waals surface area contributed by atoms with Crippen LogP contribution in [0.4, 0.5) is 0 Å². The van der Waals surface area contributed by atoms with E-state index < -0.39 is 0 Å². The monoisotopic (exact) mass is 275 g/mol. The van der Waals surface area contributed by atoms with Crippen LogP contribution in [0, 0.1) is 0 Å². The van der Waals surface area contributed by atoms with Crippen LogP contribution in [0.3, 0.4) is 0 Å². The van der Waals surface area contributed by atoms with Crippen molar-refractivity contribution in [3.8, 4) is 0 Å². The second-order valence-electron chi connectivity index (χ2n) is 5.17. The normalized spacial score (nSPS) is 16.5. The van der Waals surface area contributed by atoms with E-state index in [4.69, 9.17) is 5.73 Å². The summed E-state index contributed by atoms with van der Waals surface area (Å²) in [5, 5.41) is 3.13. The molecule has 3 N–H and O–H groups in total. The quantitative estimate of drug-likeness (QED) is 0.443. The maximum absolute atomic E-state index is 5.84. The number of hydrogen-bond acceptors (Lipinski definition) is 3. The standard InChI is InChI=1S/C15H25N5/c16-15(18-9-5-13-20-11-3-4-12-20)19-10-7-14-6-1-2-8-17-14/h1-2,6,8H,3-5,7,9-13H2,(H3,16,18,19). The Labute approximate surface area is 121 Å². The van der Waals surface area contributed by atoms with E-state index in [9.17, 15) is 0 Å². The van der Waals surface area contributed by atoms with E-state index in [2.05, 4.69) is 20.2 Å². The van der Waals surface area contributed by atoms with Gasteiger partial charge in [-0.3, -0.25) is 9.98 Å². The van der Waals surface area contributed by atoms with Gasteiger partial charge in [0, 0.05) is 31.4 Å². The van der Waals surface area contributed by atoms with Gasteiger partial charge in [0.05, 0.1) is 0 Å². The van der Waals surface area contributed by atoms with Crippen LogP contribution in [0.15, 0.2) is 29.4 Å². The van der Waals surface area contributed by atoms with Crippen LogP contribution in [-0.4, -0.2) is 48.6 Å². The molecule has 1 aromatic rings. The molecular weight excluding hydrogens is 250 g/mol. The van der Waals surface area contributed by atoms with Crippen molar-refractivity contribution in [1.29, 1.82) is 0 Å². The molecule has 0 radical (unpaired) electrons. The molecular formula is C15H25N5. The third-order valence-corrected chi connectivity index (χ3v) is 3.53. The lowest BCUT2D eigenvalue weighted by Crippen LogP contribution is -2.33. The molecule has 0 aromatic carbocycles. The number of hydrogen-bond donors (Lipinski definition) is 2. The van der Waals surface area contributed by atoms with E-state index in [0.717, 1.165) is 38.2 Å². The summed E-state index contributed by atoms with van der Waals surface area (Å²) in [6.07, 6.45) is 6.46. The molecule has 110 valence electrons. The van der Waals surface area contributed by atoms with Crippen molar-refractivity contribution in [2.75, 3.05) is 32.7 Å². The summed E-state index contributed by atoms with van der Waals surface area (Å²) in [7, 11) is 0. The topological polar surface area (TPSA) is 66.5 Å². The van der Waals surface area contributed by atoms with Gasteiger partial charge in [-0.05, 0) is 51.0 Å². The van der Waals surface area contributed by atoms with Gasteiger partial charge in [0.2, 0.25) is 0 Å². The van der Waals surface area contributed by atoms with Crippen molar-refractivity contribution >= 4 is 5.96 Å². The van der Waals surface area contributed by atoms with Gasteiger partial charge in [0.15, 0.2) is 5.96 Å². The fourth-order valence-electron chi connectivity index (χ4n) is 2.42. The summed E-state index contributed by atoms with van der Waals surface area (Å²) in [5.74, 6) is 0.544. The van der Waals surface area contributed by atoms with E-state index in [1.54, 1.807) is 0 Å². The van der Waals surface area contributed by atoms with Gasteiger partial charge in [-0.1, -0.05) is 6.07 Å². The first-order chi connectivity index (χ1) is 9.84. The lowest BCUT2D eigenvalue weighted by Gasteiger charge is -2.13. The van der Waals surface area contributed by atoms with Crippen LogP contribution in [0.2, 0.25) is 0 Å². The van der Waals surface area contributed by atoms with E-state index in [1.807, 2.05) is 24.4 Å². The fourth-order valence-corrected chi connectivity index (χ4v) is 2.42. The molecule has 1 aromatic heterocycles. The number of likely N-dealkylation sites (tertiary alicyclic amines) is 1. The van der Waals surface area contributed by atoms with Gasteiger partial charge in [0.25, 0.3) is 0 Å². The highest BCUT2D eigenvalue weighted by molar-refractivity contribution is 5.77. The minimum Gasteiger partial charge on any atom is -0.370 e. The molecule has 2 heterocycles. The maximum Gasteiger partial charge on any atom is 0.188 e. The predicted molar refractivity (Wildman–Crippen MR) is 82.7 cm³/mol. The summed E-state index contributed by atoms with van der Waals surface area (Å²) < 4.78 is 0. The molecule has 5 heteroatoms. The number of aromatic nitrogens is 1. The minimum atomic E-state index is 0.544. The first kappa shape index (κ1) is 14.8. The molecule has 0 atom stereocenters. The fraction of sp³-hybridized carbons (Fsp3) is 0.600. The van der Waals surface area contributed by atoms with Gasteiger partial charge in [-0.2, -0.15) is 0 Å². The first-order valence-corrected chi connectivity index (χ1v) is 7.50. The molecule has 20 heavy (non-hydrogen) atoms. The Morgan fingerprint density at radius 1 is 1.35 bits per heavy atom. The summed E-state index contributed by atoms with van der Waals surface area (Å²) in [5.41, 5.74) is 6.91. The summed E-state index contributed by atoms with van der Waals surface area (Å²) in [6, 6.07) is 5.94. The molecule has 1 aliphatic rings. The average molecular weight is 275 g/mol. The van der Waals surface area contributed by atoms with Crippen molar-refractivity contribution in [2.45, 2.75) is 25.7 Å². The third kappa shape index (κ3) is 5.57. The molecule has 0 aliphatic carbocycles. The zero-order valence-electron chi connectivity index (χ0n) is 12.1. The van der Waals surface area contributed by atoms with Crippen molar-refractivity contribution < 1.29 is 0 Å². The number of nitrogens with one attached hydrogen (secondary N) is 1. The van der Waals surface area contributed by atoms with Crippen molar-refractivity contribution in [3.05, 3.63) is 30.1 Å². The van der Waals surface area contributed by atoms with Crippen LogP contribution < -0.4 is 11.1 Å². The lowest BCUT2D eigenvalue weighted by atomic mass is 10.3. The van der Waals surface area contributed by atoms with Gasteiger partial charge in [-0.15, -0.1) is 0 Å². The molecule has 0 spiro atoms. The predicted octanol–water partition coefficient (Wildman–Crippen LogP) is 1.01. The van der Waals surface area contributed by atoms with E-state index in [-0.39, 0.29) is 0 Å². The van der Waals surface area contributed by atoms with Crippen LogP contribution in [0.1, 0.15) is 25.0 Å². The Bertz CT molecular complexity index is 398. The van der Waals surface area contributed by atoms with Crippen molar-refractivity contribution in [2.24, 2.45) is 10.7 Å². The highest BCUT2D eigenvalue weighted by atomic mass is 15.1. The number of pyridine rings is 1. The molecule has 0 bridgehead atoms. The Morgan fingerprint density at radius 2 is 2.20 bits per heavy atom. The molecule has 0 unspecified atom stereocenters. The molecule has 0 amide bonds. The second kappa shape index (κ2) is 8.53. The number of aliphatic imine (C=N–C) groups is 1. The zero-order chi connectivity index (χ0) is 14.0. The van der Waals surface area contributed by atoms with Crippen LogP contribution in [0.5, 0.6) is 0 Å². The Morgan fingerprint density at radius 3 is 2.95 bits per heavy atom. The second-order valence-corrected chi connectivity index (χ2v) is 5.17. The Balaban J connectivity index is 1.54. The molecule has 5 nitrogen and oxygen atoms in total. The summed E-state index contributed by atoms with van der Waals surface area (Å²) in [4.78, 5) is 11.1. The Hall–Kier alpha value is -1.62. The molecule has 1 aliphatic heterocycles. The smallest absolute Gasteiger partial charge is 0.188 e. The van der Waals surface area contributed by atoms with E-state index in [1.165, 1.54) is 25.9 Å². The van der Waals surface area contributed by atoms with Crippen LogP contribution >= 0.6 is 0 Å². The van der Waals surface area contributed by atoms with E-state index >= 15 is 0 Å². The first-order valence-electron chi connectivity index (χ1n) is 7.50. The van der Waals surface area contributed by atoms with Crippen molar-refractivity contribution in [1.82, 2.24) is 15.2 Å². The number of guanidine groups is 1. The van der Waals surface area contributed by atoms with Gasteiger partial charge in [-0.25, -0.2) is 0 Å². The van der Waals surface area contributed by atoms with E-state index in [0.29, 0.717) is 5.96 Å². The minimum absolute atomic E-state index is 0.544. The van der Waals surface area contributed by atoms with Crippen molar-refractivity contribution in [3.63, 3.8) is 0 Å². The molecule has 1 fully saturated rings. The maximum atomic E-state index is 5.84. The summed E-state index contributed by atoms with van der Waals surface area (Å²) in [6.45, 7) is 5.23. The molecule has 1 saturated heterocycles. The SMILES string of the molecule is NC(=NCCCN1CCCC1)NCCc1ccccn1. The van der Waals surface area contributed by atoms with Gasteiger partial charge < -0.3 is 16.0 Å². The third-order valence-electron chi connectivity index (χ3n) is 3.53. The lowest BCUT2D eigenvalue weighted by molar-refractivity contribution is 0.336. The molecule has 2 rings (SSSR count). The Kier molecular flexibility index (Phi) is 6.31. The number of nitrogens with two attached hydrogens (primary N) is 1. The summed E-state index contributed by atoms with van der Waals surface area (Å²) >= 11 is 0. The van der Waals surface area contributed by atoms with Crippen LogP contribution in [0.25, 0.3) is 0 Å².